The molecule has 2 aromatic carbocycles. The molecule has 1 aliphatic rings. The van der Waals surface area contributed by atoms with Gasteiger partial charge in [0.05, 0.1) is 55.9 Å². The lowest BCUT2D eigenvalue weighted by Crippen LogP contribution is -2.44. The fourth-order valence-corrected chi connectivity index (χ4v) is 5.61. The number of benzene rings is 2. The third kappa shape index (κ3) is 15.4. The molecule has 0 aliphatic carbocycles. The minimum absolute atomic E-state index is 0.0129. The van der Waals surface area contributed by atoms with Gasteiger partial charge in [0.15, 0.2) is 0 Å². The highest BCUT2D eigenvalue weighted by Crippen LogP contribution is 2.23. The summed E-state index contributed by atoms with van der Waals surface area (Å²) in [6, 6.07) is 13.2. The molecule has 0 spiro atoms. The molecule has 48 heavy (non-hydrogen) atoms. The van der Waals surface area contributed by atoms with E-state index in [0.717, 1.165) is 101 Å². The van der Waals surface area contributed by atoms with E-state index in [4.69, 9.17) is 4.74 Å². The maximum atomic E-state index is 10.8. The van der Waals surface area contributed by atoms with E-state index in [0.29, 0.717) is 37.6 Å². The summed E-state index contributed by atoms with van der Waals surface area (Å²) >= 11 is 0. The van der Waals surface area contributed by atoms with E-state index < -0.39 is 4.92 Å². The number of aliphatic hydroxyl groups is 4. The topological polar surface area (TPSA) is 168 Å². The number of nitrogens with zero attached hydrogens (tertiary/aromatic N) is 7. The first-order valence-corrected chi connectivity index (χ1v) is 17.2. The summed E-state index contributed by atoms with van der Waals surface area (Å²) in [7, 11) is 0. The molecule has 1 saturated heterocycles. The second kappa shape index (κ2) is 22.5. The number of nitro groups is 1. The molecule has 1 fully saturated rings. The van der Waals surface area contributed by atoms with Gasteiger partial charge in [-0.15, -0.1) is 0 Å². The first-order valence-electron chi connectivity index (χ1n) is 17.2. The molecule has 1 aliphatic heterocycles. The second-order valence-electron chi connectivity index (χ2n) is 12.4. The van der Waals surface area contributed by atoms with Crippen molar-refractivity contribution in [3.05, 3.63) is 58.6 Å². The molecule has 0 radical (unpaired) electrons. The number of non-ortho nitro benzene ring substituents is 1. The van der Waals surface area contributed by atoms with Gasteiger partial charge in [0.2, 0.25) is 0 Å². The van der Waals surface area contributed by atoms with Crippen molar-refractivity contribution in [2.75, 3.05) is 118 Å². The Morgan fingerprint density at radius 1 is 0.625 bits per heavy atom. The summed E-state index contributed by atoms with van der Waals surface area (Å²) in [5, 5.41) is 57.3. The Morgan fingerprint density at radius 3 is 1.62 bits per heavy atom. The highest BCUT2D eigenvalue weighted by atomic mass is 16.6. The van der Waals surface area contributed by atoms with Gasteiger partial charge in [-0.25, -0.2) is 0 Å². The minimum Gasteiger partial charge on any atom is -0.494 e. The van der Waals surface area contributed by atoms with Gasteiger partial charge in [0.1, 0.15) is 25.4 Å². The third-order valence-electron chi connectivity index (χ3n) is 8.85. The normalized spacial score (nSPS) is 14.1. The maximum absolute atomic E-state index is 10.8. The van der Waals surface area contributed by atoms with Gasteiger partial charge in [-0.05, 0) is 55.8 Å². The highest BCUT2D eigenvalue weighted by molar-refractivity contribution is 5.45. The molecular weight excluding hydrogens is 618 g/mol. The molecule has 268 valence electrons. The average Bonchev–Trinajstić information content (AvgIpc) is 3.86. The smallest absolute Gasteiger partial charge is 0.269 e. The van der Waals surface area contributed by atoms with Crippen molar-refractivity contribution < 1.29 is 34.6 Å². The Morgan fingerprint density at radius 2 is 1.12 bits per heavy atom. The van der Waals surface area contributed by atoms with Crippen LogP contribution in [0.2, 0.25) is 0 Å². The lowest BCUT2D eigenvalue weighted by Gasteiger charge is -2.30. The van der Waals surface area contributed by atoms with E-state index in [9.17, 15) is 30.5 Å². The van der Waals surface area contributed by atoms with Crippen molar-refractivity contribution in [1.82, 2.24) is 14.7 Å². The zero-order chi connectivity index (χ0) is 34.5. The number of hydrogen-bond donors (Lipinski definition) is 4. The molecule has 0 atom stereocenters. The molecule has 2 aromatic rings. The van der Waals surface area contributed by atoms with E-state index >= 15 is 0 Å². The number of hydrogen-bond acceptors (Lipinski definition) is 12. The first kappa shape index (κ1) is 39.4. The molecule has 3 rings (SSSR count). The van der Waals surface area contributed by atoms with Crippen molar-refractivity contribution in [3.63, 3.8) is 0 Å². The number of rotatable bonds is 28. The molecule has 0 aromatic heterocycles. The Hall–Kier alpha value is -3.08. The summed E-state index contributed by atoms with van der Waals surface area (Å²) < 4.78 is 6.85. The van der Waals surface area contributed by atoms with Crippen molar-refractivity contribution in [1.29, 1.82) is 0 Å². The van der Waals surface area contributed by atoms with Gasteiger partial charge in [-0.3, -0.25) is 24.8 Å². The van der Waals surface area contributed by atoms with Gasteiger partial charge in [0, 0.05) is 64.5 Å². The standard InChI is InChI=1S/C34H56N7O7/c42-26-19-37(14-15-38(20-27-43)16-17-39(21-28-44)18-22-41(23-24-41)25-29-45)13-3-1-2-4-30-48-34-11-7-32(8-12-34)36-35-31-5-9-33(10-6-31)40(46)47/h5-12,42-45H,1-4,13-30H2/q+1. The summed E-state index contributed by atoms with van der Waals surface area (Å²) in [6.45, 7) is 12.1. The fourth-order valence-electron chi connectivity index (χ4n) is 5.61. The van der Waals surface area contributed by atoms with Crippen molar-refractivity contribution in [3.8, 4) is 5.75 Å². The number of quaternary nitrogens is 1. The highest BCUT2D eigenvalue weighted by Gasteiger charge is 2.41. The number of azo groups is 1. The minimum atomic E-state index is -0.451. The zero-order valence-corrected chi connectivity index (χ0v) is 28.3. The monoisotopic (exact) mass is 674 g/mol. The molecule has 0 saturated carbocycles. The zero-order valence-electron chi connectivity index (χ0n) is 28.3. The molecular formula is C34H56N7O7+. The van der Waals surface area contributed by atoms with E-state index in [1.165, 1.54) is 12.1 Å². The molecule has 14 nitrogen and oxygen atoms in total. The quantitative estimate of drug-likeness (QED) is 0.0263. The maximum Gasteiger partial charge on any atom is 0.269 e. The molecule has 4 N–H and O–H groups in total. The summed E-state index contributed by atoms with van der Waals surface area (Å²) in [5.41, 5.74) is 1.21. The number of nitro benzene ring substituents is 1. The predicted molar refractivity (Wildman–Crippen MR) is 185 cm³/mol. The second-order valence-corrected chi connectivity index (χ2v) is 12.4. The van der Waals surface area contributed by atoms with Crippen LogP contribution in [0.1, 0.15) is 25.7 Å². The lowest BCUT2D eigenvalue weighted by atomic mass is 10.2. The Labute approximate surface area is 284 Å². The van der Waals surface area contributed by atoms with Crippen LogP contribution in [0.15, 0.2) is 58.8 Å². The van der Waals surface area contributed by atoms with Gasteiger partial charge >= 0.3 is 0 Å². The summed E-state index contributed by atoms with van der Waals surface area (Å²) in [4.78, 5) is 17.1. The van der Waals surface area contributed by atoms with E-state index in [-0.39, 0.29) is 32.1 Å². The third-order valence-corrected chi connectivity index (χ3v) is 8.85. The van der Waals surface area contributed by atoms with Crippen LogP contribution in [0.4, 0.5) is 17.1 Å². The SMILES string of the molecule is O=[N+]([O-])c1ccc(N=Nc2ccc(OCCCCCCN(CCO)CCN(CCO)CCN(CCO)CC[N+]3(CCO)CC3)cc2)cc1. The lowest BCUT2D eigenvalue weighted by molar-refractivity contribution is -0.799. The van der Waals surface area contributed by atoms with E-state index in [1.54, 1.807) is 12.1 Å². The summed E-state index contributed by atoms with van der Waals surface area (Å²) in [6.07, 6.45) is 4.09. The van der Waals surface area contributed by atoms with Crippen LogP contribution >= 0.6 is 0 Å². The molecule has 0 unspecified atom stereocenters. The van der Waals surface area contributed by atoms with Gasteiger partial charge in [-0.1, -0.05) is 12.8 Å². The van der Waals surface area contributed by atoms with E-state index in [1.807, 2.05) is 24.3 Å². The fraction of sp³-hybridized carbons (Fsp3) is 0.647. The first-order chi connectivity index (χ1) is 23.4. The van der Waals surface area contributed by atoms with Crippen LogP contribution in [0.5, 0.6) is 5.75 Å². The van der Waals surface area contributed by atoms with Crippen molar-refractivity contribution in [2.24, 2.45) is 10.2 Å². The Kier molecular flexibility index (Phi) is 18.5. The molecule has 1 heterocycles. The van der Waals surface area contributed by atoms with Gasteiger partial charge in [0.25, 0.3) is 5.69 Å². The Balaban J connectivity index is 1.29. The molecule has 0 bridgehead atoms. The predicted octanol–water partition coefficient (Wildman–Crippen LogP) is 2.66. The van der Waals surface area contributed by atoms with Crippen LogP contribution in [-0.4, -0.2) is 163 Å². The summed E-state index contributed by atoms with van der Waals surface area (Å²) in [5.74, 6) is 0.762. The van der Waals surface area contributed by atoms with Crippen LogP contribution < -0.4 is 4.74 Å². The van der Waals surface area contributed by atoms with Crippen molar-refractivity contribution in [2.45, 2.75) is 25.7 Å². The van der Waals surface area contributed by atoms with Crippen LogP contribution in [0.25, 0.3) is 0 Å². The number of aliphatic hydroxyl groups excluding tert-OH is 4. The van der Waals surface area contributed by atoms with Gasteiger partial charge < -0.3 is 29.6 Å². The number of ether oxygens (including phenoxy) is 1. The molecule has 14 heteroatoms. The Bertz CT molecular complexity index is 1180. The van der Waals surface area contributed by atoms with Crippen LogP contribution in [0, 0.1) is 10.1 Å². The average molecular weight is 675 g/mol. The van der Waals surface area contributed by atoms with E-state index in [2.05, 4.69) is 24.9 Å². The number of unbranched alkanes of at least 4 members (excludes halogenated alkanes) is 3. The van der Waals surface area contributed by atoms with Gasteiger partial charge in [-0.2, -0.15) is 10.2 Å². The van der Waals surface area contributed by atoms with Crippen LogP contribution in [0.3, 0.4) is 0 Å². The van der Waals surface area contributed by atoms with Crippen molar-refractivity contribution >= 4 is 17.1 Å². The van der Waals surface area contributed by atoms with Crippen LogP contribution in [-0.2, 0) is 0 Å². The largest absolute Gasteiger partial charge is 0.494 e. The molecule has 0 amide bonds.